The number of amides is 2. The van der Waals surface area contributed by atoms with Crippen LogP contribution in [-0.2, 0) is 6.54 Å². The van der Waals surface area contributed by atoms with Crippen molar-refractivity contribution in [1.82, 2.24) is 16.0 Å². The Balaban J connectivity index is 0.00000392. The molecule has 1 saturated heterocycles. The summed E-state index contributed by atoms with van der Waals surface area (Å²) in [5.74, 6) is 2.10. The second-order valence-electron chi connectivity index (χ2n) is 7.40. The molecule has 1 aromatic carbocycles. The molecule has 0 aliphatic carbocycles. The number of anilines is 1. The first kappa shape index (κ1) is 24.9. The summed E-state index contributed by atoms with van der Waals surface area (Å²) in [5, 5.41) is 12.4. The normalized spacial score (nSPS) is 19.1. The highest BCUT2D eigenvalue weighted by atomic mass is 127. The second-order valence-corrected chi connectivity index (χ2v) is 9.08. The van der Waals surface area contributed by atoms with Crippen molar-refractivity contribution in [3.63, 3.8) is 0 Å². The summed E-state index contributed by atoms with van der Waals surface area (Å²) >= 11 is 2.04. The van der Waals surface area contributed by atoms with Gasteiger partial charge in [-0.3, -0.25) is 0 Å². The zero-order chi connectivity index (χ0) is 19.7. The fourth-order valence-electron chi connectivity index (χ4n) is 2.88. The van der Waals surface area contributed by atoms with Gasteiger partial charge in [-0.1, -0.05) is 12.1 Å². The van der Waals surface area contributed by atoms with Crippen molar-refractivity contribution in [1.29, 1.82) is 0 Å². The molecule has 8 heteroatoms. The van der Waals surface area contributed by atoms with Crippen LogP contribution in [0.5, 0.6) is 0 Å². The van der Waals surface area contributed by atoms with E-state index in [1.54, 1.807) is 0 Å². The number of aliphatic imine (C=N–C) groups is 1. The van der Waals surface area contributed by atoms with E-state index in [-0.39, 0.29) is 36.0 Å². The number of benzene rings is 1. The summed E-state index contributed by atoms with van der Waals surface area (Å²) in [4.78, 5) is 16.4. The van der Waals surface area contributed by atoms with Gasteiger partial charge in [0.05, 0.1) is 6.54 Å². The molecule has 1 unspecified atom stereocenters. The number of urea groups is 1. The van der Waals surface area contributed by atoms with E-state index in [1.807, 2.05) is 49.9 Å². The molecule has 1 aliphatic rings. The van der Waals surface area contributed by atoms with Gasteiger partial charge in [-0.2, -0.15) is 11.8 Å². The summed E-state index contributed by atoms with van der Waals surface area (Å²) in [7, 11) is 0. The molecule has 0 spiro atoms. The van der Waals surface area contributed by atoms with Gasteiger partial charge in [0.15, 0.2) is 5.96 Å². The number of guanidine groups is 1. The SMILES string of the molecule is CCNC(=NCc1ccc(NC(=O)NC(C)C)cc1)NCC1(C)CCCS1.I. The molecule has 1 atom stereocenters. The van der Waals surface area contributed by atoms with Gasteiger partial charge < -0.3 is 21.3 Å². The minimum atomic E-state index is -0.187. The number of carbonyl (C=O) groups excluding carboxylic acids is 1. The lowest BCUT2D eigenvalue weighted by Gasteiger charge is -2.24. The lowest BCUT2D eigenvalue weighted by molar-refractivity contribution is 0.250. The van der Waals surface area contributed by atoms with Gasteiger partial charge in [0, 0.05) is 29.6 Å². The number of hydrogen-bond donors (Lipinski definition) is 4. The predicted octanol–water partition coefficient (Wildman–Crippen LogP) is 4.18. The molecule has 158 valence electrons. The van der Waals surface area contributed by atoms with Crippen molar-refractivity contribution in [2.45, 2.75) is 57.9 Å². The Labute approximate surface area is 190 Å². The van der Waals surface area contributed by atoms with Crippen molar-refractivity contribution in [2.24, 2.45) is 4.99 Å². The van der Waals surface area contributed by atoms with Crippen LogP contribution < -0.4 is 21.3 Å². The molecule has 2 rings (SSSR count). The van der Waals surface area contributed by atoms with Crippen LogP contribution in [0.25, 0.3) is 0 Å². The fourth-order valence-corrected chi connectivity index (χ4v) is 4.13. The zero-order valence-electron chi connectivity index (χ0n) is 17.3. The standard InChI is InChI=1S/C20H33N5OS.HI/c1-5-21-18(23-14-20(4)11-6-12-27-20)22-13-16-7-9-17(10-8-16)25-19(26)24-15(2)3;/h7-10,15H,5-6,11-14H2,1-4H3,(H2,21,22,23)(H2,24,25,26);1H. The van der Waals surface area contributed by atoms with Crippen LogP contribution >= 0.6 is 35.7 Å². The maximum Gasteiger partial charge on any atom is 0.319 e. The van der Waals surface area contributed by atoms with Crippen molar-refractivity contribution in [2.75, 3.05) is 24.2 Å². The minimum absolute atomic E-state index is 0. The van der Waals surface area contributed by atoms with E-state index < -0.39 is 0 Å². The van der Waals surface area contributed by atoms with Crippen molar-refractivity contribution >= 4 is 53.4 Å². The van der Waals surface area contributed by atoms with Crippen LogP contribution in [0.3, 0.4) is 0 Å². The van der Waals surface area contributed by atoms with Gasteiger partial charge in [-0.15, -0.1) is 24.0 Å². The number of nitrogens with zero attached hydrogens (tertiary/aromatic N) is 1. The topological polar surface area (TPSA) is 77.5 Å². The highest BCUT2D eigenvalue weighted by Gasteiger charge is 2.29. The van der Waals surface area contributed by atoms with Gasteiger partial charge >= 0.3 is 6.03 Å². The monoisotopic (exact) mass is 519 g/mol. The van der Waals surface area contributed by atoms with E-state index >= 15 is 0 Å². The maximum absolute atomic E-state index is 11.7. The molecule has 0 aromatic heterocycles. The Morgan fingerprint density at radius 1 is 1.25 bits per heavy atom. The number of carbonyl (C=O) groups is 1. The predicted molar refractivity (Wildman–Crippen MR) is 132 cm³/mol. The van der Waals surface area contributed by atoms with Crippen LogP contribution in [0.15, 0.2) is 29.3 Å². The lowest BCUT2D eigenvalue weighted by Crippen LogP contribution is -2.43. The maximum atomic E-state index is 11.7. The van der Waals surface area contributed by atoms with Gasteiger partial charge in [0.2, 0.25) is 0 Å². The first-order valence-corrected chi connectivity index (χ1v) is 10.7. The Bertz CT molecular complexity index is 630. The molecule has 0 saturated carbocycles. The Morgan fingerprint density at radius 2 is 1.96 bits per heavy atom. The van der Waals surface area contributed by atoms with E-state index in [0.717, 1.165) is 30.3 Å². The highest BCUT2D eigenvalue weighted by Crippen LogP contribution is 2.36. The highest BCUT2D eigenvalue weighted by molar-refractivity contribution is 14.0. The van der Waals surface area contributed by atoms with Crippen molar-refractivity contribution in [3.05, 3.63) is 29.8 Å². The lowest BCUT2D eigenvalue weighted by atomic mass is 10.1. The molecule has 2 amide bonds. The third-order valence-electron chi connectivity index (χ3n) is 4.33. The largest absolute Gasteiger partial charge is 0.357 e. The fraction of sp³-hybridized carbons (Fsp3) is 0.600. The Hall–Kier alpha value is -1.16. The first-order valence-electron chi connectivity index (χ1n) is 9.73. The summed E-state index contributed by atoms with van der Waals surface area (Å²) in [6.45, 7) is 10.6. The number of hydrogen-bond acceptors (Lipinski definition) is 3. The number of rotatable bonds is 7. The average molecular weight is 519 g/mol. The summed E-state index contributed by atoms with van der Waals surface area (Å²) in [6.07, 6.45) is 2.55. The molecule has 0 bridgehead atoms. The third-order valence-corrected chi connectivity index (χ3v) is 5.86. The Kier molecular flexibility index (Phi) is 11.0. The molecule has 1 aromatic rings. The average Bonchev–Trinajstić information content (AvgIpc) is 3.05. The molecule has 4 N–H and O–H groups in total. The molecular formula is C20H34IN5OS. The quantitative estimate of drug-likeness (QED) is 0.248. The van der Waals surface area contributed by atoms with E-state index in [4.69, 9.17) is 4.99 Å². The number of thioether (sulfide) groups is 1. The molecule has 28 heavy (non-hydrogen) atoms. The van der Waals surface area contributed by atoms with Crippen LogP contribution in [0.4, 0.5) is 10.5 Å². The van der Waals surface area contributed by atoms with Crippen molar-refractivity contribution < 1.29 is 4.79 Å². The van der Waals surface area contributed by atoms with E-state index in [9.17, 15) is 4.79 Å². The minimum Gasteiger partial charge on any atom is -0.357 e. The van der Waals surface area contributed by atoms with Crippen LogP contribution in [-0.4, -0.2) is 41.6 Å². The van der Waals surface area contributed by atoms with Crippen LogP contribution in [0, 0.1) is 0 Å². The molecule has 1 heterocycles. The molecule has 0 radical (unpaired) electrons. The summed E-state index contributed by atoms with van der Waals surface area (Å²) < 4.78 is 0.306. The van der Waals surface area contributed by atoms with Crippen LogP contribution in [0.2, 0.25) is 0 Å². The van der Waals surface area contributed by atoms with Gasteiger partial charge in [0.1, 0.15) is 0 Å². The molecular weight excluding hydrogens is 485 g/mol. The molecule has 1 fully saturated rings. The first-order chi connectivity index (χ1) is 12.9. The number of halogens is 1. The second kappa shape index (κ2) is 12.4. The smallest absolute Gasteiger partial charge is 0.319 e. The third kappa shape index (κ3) is 8.89. The van der Waals surface area contributed by atoms with E-state index in [0.29, 0.717) is 11.3 Å². The summed E-state index contributed by atoms with van der Waals surface area (Å²) in [5.41, 5.74) is 1.88. The zero-order valence-corrected chi connectivity index (χ0v) is 20.4. The molecule has 6 nitrogen and oxygen atoms in total. The van der Waals surface area contributed by atoms with Gasteiger partial charge in [-0.05, 0) is 64.0 Å². The molecule has 1 aliphatic heterocycles. The van der Waals surface area contributed by atoms with Crippen molar-refractivity contribution in [3.8, 4) is 0 Å². The van der Waals surface area contributed by atoms with Gasteiger partial charge in [-0.25, -0.2) is 9.79 Å². The Morgan fingerprint density at radius 3 is 2.54 bits per heavy atom. The van der Waals surface area contributed by atoms with Crippen LogP contribution in [0.1, 0.15) is 46.1 Å². The van der Waals surface area contributed by atoms with E-state index in [2.05, 4.69) is 35.1 Å². The number of nitrogens with one attached hydrogen (secondary N) is 4. The van der Waals surface area contributed by atoms with Gasteiger partial charge in [0.25, 0.3) is 0 Å². The summed E-state index contributed by atoms with van der Waals surface area (Å²) in [6, 6.07) is 7.72. The van der Waals surface area contributed by atoms with E-state index in [1.165, 1.54) is 18.6 Å².